The number of likely N-dealkylation sites (N-methyl/N-ethyl adjacent to an activating group) is 1. The van der Waals surface area contributed by atoms with Crippen molar-refractivity contribution >= 4 is 11.6 Å². The SMILES string of the molecule is CCN(CC)C(C(=O)NCCCn1nc2ccccn2c1=O)C(C)C. The Morgan fingerprint density at radius 1 is 1.28 bits per heavy atom. The number of rotatable bonds is 9. The van der Waals surface area contributed by atoms with Crippen molar-refractivity contribution < 1.29 is 4.79 Å². The Labute approximate surface area is 148 Å². The molecule has 25 heavy (non-hydrogen) atoms. The summed E-state index contributed by atoms with van der Waals surface area (Å²) in [7, 11) is 0. The van der Waals surface area contributed by atoms with Crippen LogP contribution in [0.4, 0.5) is 0 Å². The summed E-state index contributed by atoms with van der Waals surface area (Å²) >= 11 is 0. The van der Waals surface area contributed by atoms with Crippen LogP contribution in [0, 0.1) is 5.92 Å². The van der Waals surface area contributed by atoms with Crippen LogP contribution in [0.5, 0.6) is 0 Å². The highest BCUT2D eigenvalue weighted by molar-refractivity contribution is 5.82. The van der Waals surface area contributed by atoms with Crippen molar-refractivity contribution in [2.45, 2.75) is 46.7 Å². The summed E-state index contributed by atoms with van der Waals surface area (Å²) in [5.41, 5.74) is 0.489. The highest BCUT2D eigenvalue weighted by Gasteiger charge is 2.26. The van der Waals surface area contributed by atoms with Gasteiger partial charge in [-0.15, -0.1) is 5.10 Å². The van der Waals surface area contributed by atoms with E-state index in [1.807, 2.05) is 6.07 Å². The first-order valence-electron chi connectivity index (χ1n) is 9.05. The molecule has 0 aromatic carbocycles. The van der Waals surface area contributed by atoms with E-state index in [-0.39, 0.29) is 23.6 Å². The lowest BCUT2D eigenvalue weighted by Gasteiger charge is -2.31. The quantitative estimate of drug-likeness (QED) is 0.696. The van der Waals surface area contributed by atoms with Gasteiger partial charge in [0.15, 0.2) is 5.65 Å². The van der Waals surface area contributed by atoms with Crippen molar-refractivity contribution in [3.8, 4) is 0 Å². The molecule has 0 aliphatic heterocycles. The molecule has 7 heteroatoms. The molecule has 1 atom stereocenters. The molecule has 0 saturated carbocycles. The number of hydrogen-bond donors (Lipinski definition) is 1. The van der Waals surface area contributed by atoms with E-state index in [0.717, 1.165) is 13.1 Å². The van der Waals surface area contributed by atoms with Crippen LogP contribution in [0.3, 0.4) is 0 Å². The van der Waals surface area contributed by atoms with Gasteiger partial charge in [0.1, 0.15) is 0 Å². The van der Waals surface area contributed by atoms with Gasteiger partial charge in [-0.1, -0.05) is 33.8 Å². The summed E-state index contributed by atoms with van der Waals surface area (Å²) in [4.78, 5) is 26.9. The van der Waals surface area contributed by atoms with Gasteiger partial charge in [-0.25, -0.2) is 9.48 Å². The van der Waals surface area contributed by atoms with Crippen molar-refractivity contribution in [3.05, 3.63) is 34.9 Å². The summed E-state index contributed by atoms with van der Waals surface area (Å²) in [5, 5.41) is 7.30. The van der Waals surface area contributed by atoms with E-state index in [4.69, 9.17) is 0 Å². The smallest absolute Gasteiger partial charge is 0.350 e. The van der Waals surface area contributed by atoms with Crippen LogP contribution in [0.25, 0.3) is 5.65 Å². The predicted molar refractivity (Wildman–Crippen MR) is 98.6 cm³/mol. The molecule has 1 amide bonds. The Balaban J connectivity index is 1.90. The Bertz CT molecular complexity index is 745. The van der Waals surface area contributed by atoms with E-state index in [2.05, 4.69) is 43.0 Å². The fraction of sp³-hybridized carbons (Fsp3) is 0.611. The molecule has 0 fully saturated rings. The topological polar surface area (TPSA) is 71.6 Å². The minimum atomic E-state index is -0.148. The van der Waals surface area contributed by atoms with Crippen LogP contribution in [-0.4, -0.2) is 50.7 Å². The monoisotopic (exact) mass is 347 g/mol. The third-order valence-corrected chi connectivity index (χ3v) is 4.44. The first-order valence-corrected chi connectivity index (χ1v) is 9.05. The fourth-order valence-corrected chi connectivity index (χ4v) is 3.17. The number of nitrogens with one attached hydrogen (secondary N) is 1. The number of aryl methyl sites for hydroxylation is 1. The molecule has 7 nitrogen and oxygen atoms in total. The van der Waals surface area contributed by atoms with Crippen LogP contribution in [-0.2, 0) is 11.3 Å². The molecule has 0 aliphatic rings. The molecular weight excluding hydrogens is 318 g/mol. The summed E-state index contributed by atoms with van der Waals surface area (Å²) in [6.07, 6.45) is 2.37. The number of hydrogen-bond acceptors (Lipinski definition) is 4. The van der Waals surface area contributed by atoms with Gasteiger partial charge in [0.05, 0.1) is 6.04 Å². The van der Waals surface area contributed by atoms with E-state index >= 15 is 0 Å². The molecule has 2 heterocycles. The largest absolute Gasteiger partial charge is 0.355 e. The molecule has 2 aromatic heterocycles. The van der Waals surface area contributed by atoms with Crippen LogP contribution >= 0.6 is 0 Å². The number of carbonyl (C=O) groups excluding carboxylic acids is 1. The molecule has 2 aromatic rings. The second kappa shape index (κ2) is 8.80. The Kier molecular flexibility index (Phi) is 6.75. The predicted octanol–water partition coefficient (Wildman–Crippen LogP) is 1.37. The van der Waals surface area contributed by atoms with Gasteiger partial charge in [-0.05, 0) is 37.6 Å². The zero-order valence-electron chi connectivity index (χ0n) is 15.6. The van der Waals surface area contributed by atoms with Crippen molar-refractivity contribution in [2.24, 2.45) is 5.92 Å². The number of amides is 1. The molecule has 1 N–H and O–H groups in total. The van der Waals surface area contributed by atoms with Gasteiger partial charge in [-0.3, -0.25) is 14.1 Å². The number of aromatic nitrogens is 3. The molecule has 1 unspecified atom stereocenters. The molecule has 0 radical (unpaired) electrons. The van der Waals surface area contributed by atoms with Gasteiger partial charge >= 0.3 is 5.69 Å². The van der Waals surface area contributed by atoms with Crippen LogP contribution in [0.2, 0.25) is 0 Å². The summed E-state index contributed by atoms with van der Waals surface area (Å²) < 4.78 is 2.97. The van der Waals surface area contributed by atoms with E-state index in [9.17, 15) is 9.59 Å². The molecule has 0 spiro atoms. The zero-order chi connectivity index (χ0) is 18.4. The van der Waals surface area contributed by atoms with E-state index in [1.165, 1.54) is 9.08 Å². The first kappa shape index (κ1) is 19.2. The minimum absolute atomic E-state index is 0.0565. The standard InChI is InChI=1S/C18H29N5O2/c1-5-21(6-2)16(14(3)4)17(24)19-11-9-13-23-18(25)22-12-8-7-10-15(22)20-23/h7-8,10,12,14,16H,5-6,9,11,13H2,1-4H3,(H,19,24). The summed E-state index contributed by atoms with van der Waals surface area (Å²) in [6.45, 7) is 11.0. The van der Waals surface area contributed by atoms with Gasteiger partial charge in [-0.2, -0.15) is 0 Å². The maximum Gasteiger partial charge on any atom is 0.350 e. The Morgan fingerprint density at radius 2 is 2.00 bits per heavy atom. The summed E-state index contributed by atoms with van der Waals surface area (Å²) in [6, 6.07) is 5.34. The average molecular weight is 347 g/mol. The number of pyridine rings is 1. The second-order valence-corrected chi connectivity index (χ2v) is 6.49. The molecule has 138 valence electrons. The highest BCUT2D eigenvalue weighted by Crippen LogP contribution is 2.10. The second-order valence-electron chi connectivity index (χ2n) is 6.49. The van der Waals surface area contributed by atoms with E-state index in [0.29, 0.717) is 25.2 Å². The fourth-order valence-electron chi connectivity index (χ4n) is 3.17. The van der Waals surface area contributed by atoms with E-state index < -0.39 is 0 Å². The van der Waals surface area contributed by atoms with Gasteiger partial charge in [0, 0.05) is 19.3 Å². The number of nitrogens with zero attached hydrogens (tertiary/aromatic N) is 4. The summed E-state index contributed by atoms with van der Waals surface area (Å²) in [5.74, 6) is 0.307. The number of carbonyl (C=O) groups is 1. The van der Waals surface area contributed by atoms with Gasteiger partial charge in [0.2, 0.25) is 5.91 Å². The van der Waals surface area contributed by atoms with Gasteiger partial charge in [0.25, 0.3) is 0 Å². The zero-order valence-corrected chi connectivity index (χ0v) is 15.6. The molecule has 2 rings (SSSR count). The minimum Gasteiger partial charge on any atom is -0.355 e. The molecule has 0 saturated heterocycles. The Morgan fingerprint density at radius 3 is 2.60 bits per heavy atom. The Hall–Kier alpha value is -2.15. The van der Waals surface area contributed by atoms with Crippen LogP contribution in [0.1, 0.15) is 34.1 Å². The van der Waals surface area contributed by atoms with Gasteiger partial charge < -0.3 is 5.32 Å². The maximum atomic E-state index is 12.5. The van der Waals surface area contributed by atoms with Crippen molar-refractivity contribution in [2.75, 3.05) is 19.6 Å². The normalized spacial score (nSPS) is 12.9. The van der Waals surface area contributed by atoms with E-state index in [1.54, 1.807) is 18.3 Å². The molecule has 0 aliphatic carbocycles. The van der Waals surface area contributed by atoms with Crippen molar-refractivity contribution in [3.63, 3.8) is 0 Å². The highest BCUT2D eigenvalue weighted by atomic mass is 16.2. The average Bonchev–Trinajstić information content (AvgIpc) is 2.92. The lowest BCUT2D eigenvalue weighted by atomic mass is 10.0. The van der Waals surface area contributed by atoms with Crippen molar-refractivity contribution in [1.82, 2.24) is 24.4 Å². The first-order chi connectivity index (χ1) is 12.0. The third kappa shape index (κ3) is 4.48. The van der Waals surface area contributed by atoms with Crippen LogP contribution < -0.4 is 11.0 Å². The van der Waals surface area contributed by atoms with Crippen molar-refractivity contribution in [1.29, 1.82) is 0 Å². The lowest BCUT2D eigenvalue weighted by Crippen LogP contribution is -2.50. The molecular formula is C18H29N5O2. The van der Waals surface area contributed by atoms with Crippen LogP contribution in [0.15, 0.2) is 29.2 Å². The third-order valence-electron chi connectivity index (χ3n) is 4.44. The number of fused-ring (bicyclic) bond motifs is 1. The molecule has 0 bridgehead atoms. The lowest BCUT2D eigenvalue weighted by molar-refractivity contribution is -0.127. The maximum absolute atomic E-state index is 12.5.